The number of rotatable bonds is 9. The number of hydrogen-bond donors (Lipinski definition) is 0. The van der Waals surface area contributed by atoms with Gasteiger partial charge < -0.3 is 4.79 Å². The van der Waals surface area contributed by atoms with Crippen LogP contribution < -0.4 is 0 Å². The lowest BCUT2D eigenvalue weighted by atomic mass is 9.95. The molecule has 0 saturated carbocycles. The summed E-state index contributed by atoms with van der Waals surface area (Å²) in [4.78, 5) is 10.1. The second-order valence-electron chi connectivity index (χ2n) is 4.88. The van der Waals surface area contributed by atoms with Crippen LogP contribution in [0.3, 0.4) is 0 Å². The molecule has 0 bridgehead atoms. The SMILES string of the molecule is CC(C)CCCC(C)CCCCC=O. The summed E-state index contributed by atoms with van der Waals surface area (Å²) < 4.78 is 0. The van der Waals surface area contributed by atoms with Crippen molar-refractivity contribution in [2.75, 3.05) is 0 Å². The third-order valence-electron chi connectivity index (χ3n) is 2.75. The minimum absolute atomic E-state index is 0.749. The first-order valence-electron chi connectivity index (χ1n) is 6.10. The van der Waals surface area contributed by atoms with Gasteiger partial charge in [0, 0.05) is 6.42 Å². The first kappa shape index (κ1) is 13.7. The smallest absolute Gasteiger partial charge is 0.119 e. The lowest BCUT2D eigenvalue weighted by molar-refractivity contribution is -0.107. The maximum Gasteiger partial charge on any atom is 0.119 e. The van der Waals surface area contributed by atoms with Crippen molar-refractivity contribution in [3.63, 3.8) is 0 Å². The Balaban J connectivity index is 3.19. The van der Waals surface area contributed by atoms with Gasteiger partial charge in [0.15, 0.2) is 0 Å². The summed E-state index contributed by atoms with van der Waals surface area (Å²) >= 11 is 0. The van der Waals surface area contributed by atoms with Crippen LogP contribution in [0, 0.1) is 11.8 Å². The van der Waals surface area contributed by atoms with Gasteiger partial charge in [0.2, 0.25) is 0 Å². The third-order valence-corrected chi connectivity index (χ3v) is 2.75. The largest absolute Gasteiger partial charge is 0.303 e. The Morgan fingerprint density at radius 3 is 2.14 bits per heavy atom. The summed E-state index contributed by atoms with van der Waals surface area (Å²) in [5.74, 6) is 1.69. The molecule has 1 heteroatoms. The van der Waals surface area contributed by atoms with Crippen molar-refractivity contribution in [1.82, 2.24) is 0 Å². The highest BCUT2D eigenvalue weighted by Crippen LogP contribution is 2.17. The summed E-state index contributed by atoms with van der Waals surface area (Å²) in [5, 5.41) is 0. The fraction of sp³-hybridized carbons (Fsp3) is 0.923. The Hall–Kier alpha value is -0.330. The number of carbonyl (C=O) groups is 1. The molecular formula is C13H26O. The van der Waals surface area contributed by atoms with E-state index in [9.17, 15) is 4.79 Å². The van der Waals surface area contributed by atoms with Crippen molar-refractivity contribution in [3.05, 3.63) is 0 Å². The Morgan fingerprint density at radius 1 is 0.929 bits per heavy atom. The molecule has 1 nitrogen and oxygen atoms in total. The summed E-state index contributed by atoms with van der Waals surface area (Å²) in [6.45, 7) is 6.91. The van der Waals surface area contributed by atoms with Gasteiger partial charge in [0.25, 0.3) is 0 Å². The zero-order valence-electron chi connectivity index (χ0n) is 10.1. The van der Waals surface area contributed by atoms with Crippen molar-refractivity contribution in [2.45, 2.75) is 65.7 Å². The second kappa shape index (κ2) is 9.23. The van der Waals surface area contributed by atoms with Crippen LogP contribution in [0.5, 0.6) is 0 Å². The van der Waals surface area contributed by atoms with Gasteiger partial charge in [0.1, 0.15) is 6.29 Å². The molecule has 0 radical (unpaired) electrons. The van der Waals surface area contributed by atoms with Crippen LogP contribution >= 0.6 is 0 Å². The minimum atomic E-state index is 0.749. The van der Waals surface area contributed by atoms with Gasteiger partial charge in [-0.2, -0.15) is 0 Å². The molecule has 0 aromatic rings. The first-order chi connectivity index (χ1) is 6.66. The summed E-state index contributed by atoms with van der Waals surface area (Å²) in [6, 6.07) is 0. The van der Waals surface area contributed by atoms with E-state index in [4.69, 9.17) is 0 Å². The number of hydrogen-bond acceptors (Lipinski definition) is 1. The molecule has 0 amide bonds. The van der Waals surface area contributed by atoms with Gasteiger partial charge >= 0.3 is 0 Å². The fourth-order valence-corrected chi connectivity index (χ4v) is 1.74. The van der Waals surface area contributed by atoms with Gasteiger partial charge in [-0.15, -0.1) is 0 Å². The van der Waals surface area contributed by atoms with Gasteiger partial charge in [0.05, 0.1) is 0 Å². The van der Waals surface area contributed by atoms with Crippen LogP contribution in [0.1, 0.15) is 65.7 Å². The van der Waals surface area contributed by atoms with E-state index in [0.717, 1.165) is 31.0 Å². The molecule has 1 unspecified atom stereocenters. The van der Waals surface area contributed by atoms with Crippen LogP contribution in [0.2, 0.25) is 0 Å². The number of carbonyl (C=O) groups excluding carboxylic acids is 1. The molecule has 1 atom stereocenters. The second-order valence-corrected chi connectivity index (χ2v) is 4.88. The monoisotopic (exact) mass is 198 g/mol. The standard InChI is InChI=1S/C13H26O/c1-12(2)8-7-10-13(3)9-5-4-6-11-14/h11-13H,4-10H2,1-3H3. The Labute approximate surface area is 89.3 Å². The van der Waals surface area contributed by atoms with E-state index in [2.05, 4.69) is 20.8 Å². The first-order valence-corrected chi connectivity index (χ1v) is 6.10. The molecule has 14 heavy (non-hydrogen) atoms. The predicted molar refractivity (Wildman–Crippen MR) is 62.4 cm³/mol. The molecule has 0 aliphatic rings. The molecule has 0 aromatic heterocycles. The normalized spacial score (nSPS) is 13.1. The molecule has 0 fully saturated rings. The summed E-state index contributed by atoms with van der Waals surface area (Å²) in [6.07, 6.45) is 9.47. The molecule has 84 valence electrons. The maximum absolute atomic E-state index is 10.1. The average molecular weight is 198 g/mol. The summed E-state index contributed by atoms with van der Waals surface area (Å²) in [7, 11) is 0. The van der Waals surface area contributed by atoms with Crippen LogP contribution in [0.25, 0.3) is 0 Å². The van der Waals surface area contributed by atoms with Crippen LogP contribution in [0.4, 0.5) is 0 Å². The van der Waals surface area contributed by atoms with E-state index < -0.39 is 0 Å². The van der Waals surface area contributed by atoms with Gasteiger partial charge in [-0.3, -0.25) is 0 Å². The summed E-state index contributed by atoms with van der Waals surface area (Å²) in [5.41, 5.74) is 0. The lowest BCUT2D eigenvalue weighted by Crippen LogP contribution is -1.96. The highest BCUT2D eigenvalue weighted by Gasteiger charge is 2.02. The van der Waals surface area contributed by atoms with E-state index in [1.54, 1.807) is 0 Å². The molecule has 0 saturated heterocycles. The highest BCUT2D eigenvalue weighted by atomic mass is 16.1. The average Bonchev–Trinajstić information content (AvgIpc) is 2.12. The highest BCUT2D eigenvalue weighted by molar-refractivity contribution is 5.48. The topological polar surface area (TPSA) is 17.1 Å². The minimum Gasteiger partial charge on any atom is -0.303 e. The van der Waals surface area contributed by atoms with E-state index in [1.165, 1.54) is 32.1 Å². The molecule has 0 spiro atoms. The van der Waals surface area contributed by atoms with Crippen LogP contribution in [-0.4, -0.2) is 6.29 Å². The molecule has 0 heterocycles. The zero-order valence-corrected chi connectivity index (χ0v) is 10.1. The molecule has 0 aliphatic carbocycles. The van der Waals surface area contributed by atoms with Gasteiger partial charge in [-0.05, 0) is 18.3 Å². The van der Waals surface area contributed by atoms with Crippen molar-refractivity contribution in [1.29, 1.82) is 0 Å². The van der Waals surface area contributed by atoms with Crippen molar-refractivity contribution < 1.29 is 4.79 Å². The van der Waals surface area contributed by atoms with Crippen molar-refractivity contribution >= 4 is 6.29 Å². The van der Waals surface area contributed by atoms with E-state index in [-0.39, 0.29) is 0 Å². The third kappa shape index (κ3) is 9.76. The Bertz CT molecular complexity index is 129. The maximum atomic E-state index is 10.1. The quantitative estimate of drug-likeness (QED) is 0.400. The Morgan fingerprint density at radius 2 is 1.57 bits per heavy atom. The van der Waals surface area contributed by atoms with E-state index >= 15 is 0 Å². The van der Waals surface area contributed by atoms with E-state index in [0.29, 0.717) is 0 Å². The van der Waals surface area contributed by atoms with Gasteiger partial charge in [-0.25, -0.2) is 0 Å². The number of aldehydes is 1. The van der Waals surface area contributed by atoms with Crippen molar-refractivity contribution in [3.8, 4) is 0 Å². The van der Waals surface area contributed by atoms with E-state index in [1.807, 2.05) is 0 Å². The van der Waals surface area contributed by atoms with Crippen LogP contribution in [-0.2, 0) is 4.79 Å². The molecule has 0 aromatic carbocycles. The lowest BCUT2D eigenvalue weighted by Gasteiger charge is -2.11. The molecule has 0 rings (SSSR count). The fourth-order valence-electron chi connectivity index (χ4n) is 1.74. The molecule has 0 N–H and O–H groups in total. The van der Waals surface area contributed by atoms with Crippen LogP contribution in [0.15, 0.2) is 0 Å². The zero-order chi connectivity index (χ0) is 10.8. The van der Waals surface area contributed by atoms with Gasteiger partial charge in [-0.1, -0.05) is 52.9 Å². The molecule has 0 aliphatic heterocycles. The number of unbranched alkanes of at least 4 members (excludes halogenated alkanes) is 2. The Kier molecular flexibility index (Phi) is 9.02. The van der Waals surface area contributed by atoms with Crippen molar-refractivity contribution in [2.24, 2.45) is 11.8 Å². The molecular weight excluding hydrogens is 172 g/mol. The predicted octanol–water partition coefficient (Wildman–Crippen LogP) is 4.21.